The zero-order valence-electron chi connectivity index (χ0n) is 8.48. The van der Waals surface area contributed by atoms with E-state index in [1.165, 1.54) is 6.07 Å². The number of halogens is 2. The molecule has 0 aromatic heterocycles. The van der Waals surface area contributed by atoms with Crippen LogP contribution < -0.4 is 0 Å². The van der Waals surface area contributed by atoms with Gasteiger partial charge in [0.2, 0.25) is 0 Å². The lowest BCUT2D eigenvalue weighted by atomic mass is 10.0. The Morgan fingerprint density at radius 2 is 2.14 bits per heavy atom. The lowest BCUT2D eigenvalue weighted by molar-refractivity contribution is 0.622. The summed E-state index contributed by atoms with van der Waals surface area (Å²) < 4.78 is 14.4. The van der Waals surface area contributed by atoms with Crippen LogP contribution in [0, 0.1) is 5.82 Å². The van der Waals surface area contributed by atoms with Crippen LogP contribution in [-0.2, 0) is 0 Å². The van der Waals surface area contributed by atoms with Crippen LogP contribution in [0.2, 0.25) is 0 Å². The molecule has 2 heteroatoms. The molecule has 0 atom stereocenters. The lowest BCUT2D eigenvalue weighted by Gasteiger charge is -2.08. The van der Waals surface area contributed by atoms with Gasteiger partial charge in [-0.1, -0.05) is 41.9 Å². The molecule has 1 aromatic rings. The highest BCUT2D eigenvalue weighted by Gasteiger charge is 2.09. The van der Waals surface area contributed by atoms with Crippen LogP contribution in [0.3, 0.4) is 0 Å². The molecule has 0 radical (unpaired) electrons. The number of rotatable bonds is 3. The third-order valence-corrected chi connectivity index (χ3v) is 2.78. The van der Waals surface area contributed by atoms with E-state index >= 15 is 0 Å². The third kappa shape index (κ3) is 2.44. The molecule has 0 aliphatic heterocycles. The first-order chi connectivity index (χ1) is 6.70. The maximum atomic E-state index is 13.5. The zero-order valence-corrected chi connectivity index (χ0v) is 10.1. The van der Waals surface area contributed by atoms with Crippen LogP contribution in [0.25, 0.3) is 5.57 Å². The average Bonchev–Trinajstić information content (AvgIpc) is 2.16. The van der Waals surface area contributed by atoms with Gasteiger partial charge < -0.3 is 0 Å². The van der Waals surface area contributed by atoms with E-state index < -0.39 is 0 Å². The maximum Gasteiger partial charge on any atom is 0.131 e. The van der Waals surface area contributed by atoms with E-state index in [2.05, 4.69) is 28.9 Å². The van der Waals surface area contributed by atoms with Crippen LogP contribution in [-0.4, -0.2) is 0 Å². The standard InChI is InChI=1S/C12H14BrF/c1-3-6-9(4-2)12-10(13)7-5-8-11(12)14/h5-8H,3-4H2,1-2H3/b9-6+. The Morgan fingerprint density at radius 3 is 2.64 bits per heavy atom. The van der Waals surface area contributed by atoms with E-state index in [0.717, 1.165) is 22.9 Å². The molecule has 0 fully saturated rings. The maximum absolute atomic E-state index is 13.5. The first-order valence-corrected chi connectivity index (χ1v) is 5.63. The molecule has 0 saturated carbocycles. The van der Waals surface area contributed by atoms with Crippen LogP contribution in [0.5, 0.6) is 0 Å². The van der Waals surface area contributed by atoms with E-state index in [1.807, 2.05) is 13.0 Å². The van der Waals surface area contributed by atoms with Crippen LogP contribution >= 0.6 is 15.9 Å². The Labute approximate surface area is 93.0 Å². The highest BCUT2D eigenvalue weighted by atomic mass is 79.9. The van der Waals surface area contributed by atoms with Gasteiger partial charge in [-0.15, -0.1) is 0 Å². The Kier molecular flexibility index (Phi) is 4.33. The molecule has 0 heterocycles. The predicted molar refractivity (Wildman–Crippen MR) is 62.7 cm³/mol. The van der Waals surface area contributed by atoms with Gasteiger partial charge in [0.1, 0.15) is 5.82 Å². The fraction of sp³-hybridized carbons (Fsp3) is 0.333. The summed E-state index contributed by atoms with van der Waals surface area (Å²) in [5, 5.41) is 0. The van der Waals surface area contributed by atoms with Crippen LogP contribution in [0.4, 0.5) is 4.39 Å². The fourth-order valence-electron chi connectivity index (χ4n) is 1.47. The van der Waals surface area contributed by atoms with Crippen molar-refractivity contribution in [3.8, 4) is 0 Å². The molecule has 0 saturated heterocycles. The van der Waals surface area contributed by atoms with Gasteiger partial charge in [0, 0.05) is 10.0 Å². The Bertz CT molecular complexity index is 322. The van der Waals surface area contributed by atoms with Crippen molar-refractivity contribution in [2.24, 2.45) is 0 Å². The largest absolute Gasteiger partial charge is 0.206 e. The predicted octanol–water partition coefficient (Wildman–Crippen LogP) is 4.79. The van der Waals surface area contributed by atoms with E-state index in [1.54, 1.807) is 6.07 Å². The highest BCUT2D eigenvalue weighted by molar-refractivity contribution is 9.10. The number of benzene rings is 1. The van der Waals surface area contributed by atoms with Crippen molar-refractivity contribution >= 4 is 21.5 Å². The van der Waals surface area contributed by atoms with Gasteiger partial charge in [-0.05, 0) is 30.5 Å². The van der Waals surface area contributed by atoms with Gasteiger partial charge >= 0.3 is 0 Å². The van der Waals surface area contributed by atoms with Gasteiger partial charge in [-0.2, -0.15) is 0 Å². The van der Waals surface area contributed by atoms with E-state index in [9.17, 15) is 4.39 Å². The number of hydrogen-bond donors (Lipinski definition) is 0. The molecule has 14 heavy (non-hydrogen) atoms. The van der Waals surface area contributed by atoms with Crippen LogP contribution in [0.15, 0.2) is 28.7 Å². The molecule has 0 N–H and O–H groups in total. The van der Waals surface area contributed by atoms with Crippen molar-refractivity contribution in [1.29, 1.82) is 0 Å². The second-order valence-corrected chi connectivity index (χ2v) is 3.94. The van der Waals surface area contributed by atoms with Gasteiger partial charge in [-0.25, -0.2) is 4.39 Å². The van der Waals surface area contributed by atoms with Gasteiger partial charge in [0.15, 0.2) is 0 Å². The minimum atomic E-state index is -0.152. The molecule has 0 aliphatic carbocycles. The summed E-state index contributed by atoms with van der Waals surface area (Å²) in [5.41, 5.74) is 1.77. The van der Waals surface area contributed by atoms with Crippen molar-refractivity contribution in [2.45, 2.75) is 26.7 Å². The first-order valence-electron chi connectivity index (χ1n) is 4.84. The molecule has 1 rings (SSSR count). The Hall–Kier alpha value is -0.630. The molecule has 1 aromatic carbocycles. The SMILES string of the molecule is CC/C=C(\CC)c1c(F)cccc1Br. The monoisotopic (exact) mass is 256 g/mol. The molecular formula is C12H14BrF. The summed E-state index contributed by atoms with van der Waals surface area (Å²) >= 11 is 3.38. The molecule has 76 valence electrons. The quantitative estimate of drug-likeness (QED) is 0.730. The number of allylic oxidation sites excluding steroid dienone is 2. The van der Waals surface area contributed by atoms with E-state index in [4.69, 9.17) is 0 Å². The lowest BCUT2D eigenvalue weighted by Crippen LogP contribution is -1.90. The molecule has 0 amide bonds. The molecular weight excluding hydrogens is 243 g/mol. The highest BCUT2D eigenvalue weighted by Crippen LogP contribution is 2.29. The van der Waals surface area contributed by atoms with Crippen molar-refractivity contribution in [2.75, 3.05) is 0 Å². The van der Waals surface area contributed by atoms with Gasteiger partial charge in [0.05, 0.1) is 0 Å². The summed E-state index contributed by atoms with van der Waals surface area (Å²) in [4.78, 5) is 0. The second-order valence-electron chi connectivity index (χ2n) is 3.09. The summed E-state index contributed by atoms with van der Waals surface area (Å²) in [5.74, 6) is -0.152. The van der Waals surface area contributed by atoms with Gasteiger partial charge in [0.25, 0.3) is 0 Å². The first kappa shape index (κ1) is 11.4. The number of hydrogen-bond acceptors (Lipinski definition) is 0. The summed E-state index contributed by atoms with van der Waals surface area (Å²) in [7, 11) is 0. The molecule has 0 unspecified atom stereocenters. The molecule has 0 spiro atoms. The van der Waals surface area contributed by atoms with Crippen molar-refractivity contribution in [1.82, 2.24) is 0 Å². The summed E-state index contributed by atoms with van der Waals surface area (Å²) in [6, 6.07) is 5.08. The average molecular weight is 257 g/mol. The van der Waals surface area contributed by atoms with Crippen molar-refractivity contribution in [3.63, 3.8) is 0 Å². The minimum absolute atomic E-state index is 0.152. The zero-order chi connectivity index (χ0) is 10.6. The second kappa shape index (κ2) is 5.30. The normalized spacial score (nSPS) is 11.9. The third-order valence-electron chi connectivity index (χ3n) is 2.12. The van der Waals surface area contributed by atoms with E-state index in [-0.39, 0.29) is 5.82 Å². The van der Waals surface area contributed by atoms with E-state index in [0.29, 0.717) is 5.56 Å². The summed E-state index contributed by atoms with van der Waals surface area (Å²) in [6.07, 6.45) is 3.86. The molecule has 0 bridgehead atoms. The van der Waals surface area contributed by atoms with Gasteiger partial charge in [-0.3, -0.25) is 0 Å². The smallest absolute Gasteiger partial charge is 0.131 e. The fourth-order valence-corrected chi connectivity index (χ4v) is 2.07. The minimum Gasteiger partial charge on any atom is -0.206 e. The Morgan fingerprint density at radius 1 is 1.43 bits per heavy atom. The molecule has 0 nitrogen and oxygen atoms in total. The van der Waals surface area contributed by atoms with Crippen molar-refractivity contribution in [3.05, 3.63) is 40.1 Å². The molecule has 0 aliphatic rings. The Balaban J connectivity index is 3.22. The van der Waals surface area contributed by atoms with Crippen molar-refractivity contribution < 1.29 is 4.39 Å². The van der Waals surface area contributed by atoms with Crippen LogP contribution in [0.1, 0.15) is 32.3 Å². The topological polar surface area (TPSA) is 0 Å². The summed E-state index contributed by atoms with van der Waals surface area (Å²) in [6.45, 7) is 4.10.